The van der Waals surface area contributed by atoms with E-state index in [0.717, 1.165) is 4.90 Å². The molecule has 5 nitrogen and oxygen atoms in total. The monoisotopic (exact) mass is 286 g/mol. The molecule has 2 N–H and O–H groups in total. The average Bonchev–Trinajstić information content (AvgIpc) is 3.10. The van der Waals surface area contributed by atoms with Gasteiger partial charge in [0.25, 0.3) is 0 Å². The zero-order valence-electron chi connectivity index (χ0n) is 9.91. The van der Waals surface area contributed by atoms with E-state index in [-0.39, 0.29) is 19.0 Å². The number of alkyl halides is 4. The number of nitrogens with zero attached hydrogens (tertiary/aromatic N) is 1. The second-order valence-corrected chi connectivity index (χ2v) is 4.29. The van der Waals surface area contributed by atoms with Gasteiger partial charge in [-0.15, -0.1) is 0 Å². The fourth-order valence-corrected chi connectivity index (χ4v) is 1.42. The van der Waals surface area contributed by atoms with Gasteiger partial charge in [0, 0.05) is 12.6 Å². The lowest BCUT2D eigenvalue weighted by Gasteiger charge is -2.23. The molecule has 0 aromatic rings. The van der Waals surface area contributed by atoms with Crippen LogP contribution in [-0.2, 0) is 4.79 Å². The van der Waals surface area contributed by atoms with Gasteiger partial charge in [0.05, 0.1) is 13.0 Å². The van der Waals surface area contributed by atoms with Gasteiger partial charge in [-0.3, -0.25) is 4.79 Å². The van der Waals surface area contributed by atoms with Crippen molar-refractivity contribution in [2.24, 2.45) is 0 Å². The quantitative estimate of drug-likeness (QED) is 0.697. The topological polar surface area (TPSA) is 69.6 Å². The van der Waals surface area contributed by atoms with Crippen LogP contribution in [0.3, 0.4) is 0 Å². The molecule has 1 aliphatic carbocycles. The van der Waals surface area contributed by atoms with Crippen molar-refractivity contribution in [1.29, 1.82) is 0 Å². The minimum absolute atomic E-state index is 0.133. The Bertz CT molecular complexity index is 348. The van der Waals surface area contributed by atoms with Gasteiger partial charge < -0.3 is 15.3 Å². The van der Waals surface area contributed by atoms with E-state index in [1.54, 1.807) is 5.32 Å². The molecule has 0 saturated heterocycles. The molecule has 0 aromatic heterocycles. The molecule has 0 atom stereocenters. The Morgan fingerprint density at radius 2 is 1.95 bits per heavy atom. The van der Waals surface area contributed by atoms with Crippen LogP contribution in [0, 0.1) is 0 Å². The van der Waals surface area contributed by atoms with Crippen LogP contribution in [0.15, 0.2) is 0 Å². The molecule has 0 spiro atoms. The smallest absolute Gasteiger partial charge is 0.324 e. The van der Waals surface area contributed by atoms with Crippen LogP contribution in [-0.4, -0.2) is 53.5 Å². The largest absolute Gasteiger partial charge is 0.481 e. The minimum Gasteiger partial charge on any atom is -0.481 e. The van der Waals surface area contributed by atoms with Crippen molar-refractivity contribution >= 4 is 12.0 Å². The van der Waals surface area contributed by atoms with Crippen molar-refractivity contribution in [2.75, 3.05) is 13.1 Å². The maximum Gasteiger partial charge on any atom is 0.324 e. The Hall–Kier alpha value is -1.54. The van der Waals surface area contributed by atoms with Crippen LogP contribution in [0.4, 0.5) is 22.4 Å². The van der Waals surface area contributed by atoms with Crippen molar-refractivity contribution < 1.29 is 32.3 Å². The molecule has 0 unspecified atom stereocenters. The number of carbonyl (C=O) groups is 2. The summed E-state index contributed by atoms with van der Waals surface area (Å²) >= 11 is 0. The second kappa shape index (κ2) is 6.07. The van der Waals surface area contributed by atoms with Gasteiger partial charge >= 0.3 is 24.3 Å². The summed E-state index contributed by atoms with van der Waals surface area (Å²) in [6.07, 6.45) is -2.88. The first-order valence-electron chi connectivity index (χ1n) is 5.66. The first kappa shape index (κ1) is 15.5. The Balaban J connectivity index is 2.46. The van der Waals surface area contributed by atoms with Gasteiger partial charge in [-0.25, -0.2) is 13.6 Å². The summed E-state index contributed by atoms with van der Waals surface area (Å²) in [5.74, 6) is -5.42. The number of rotatable bonds is 7. The van der Waals surface area contributed by atoms with Gasteiger partial charge in [-0.1, -0.05) is 0 Å². The standard InChI is InChI=1S/C10H14F4N2O3/c11-8(12)10(13,14)5-15-9(19)16(6-1-2-6)4-3-7(17)18/h6,8H,1-5H2,(H,15,19)(H,17,18). The number of hydrogen-bond donors (Lipinski definition) is 2. The summed E-state index contributed by atoms with van der Waals surface area (Å²) in [4.78, 5) is 23.0. The van der Waals surface area contributed by atoms with E-state index in [2.05, 4.69) is 0 Å². The number of nitrogens with one attached hydrogen (secondary N) is 1. The van der Waals surface area contributed by atoms with Gasteiger partial charge in [0.15, 0.2) is 0 Å². The second-order valence-electron chi connectivity index (χ2n) is 4.29. The summed E-state index contributed by atoms with van der Waals surface area (Å²) in [6.45, 7) is -1.61. The SMILES string of the molecule is O=C(O)CCN(C(=O)NCC(F)(F)C(F)F)C1CC1. The third kappa shape index (κ3) is 4.92. The molecule has 1 aliphatic rings. The van der Waals surface area contributed by atoms with E-state index in [9.17, 15) is 27.2 Å². The van der Waals surface area contributed by atoms with E-state index in [1.807, 2.05) is 0 Å². The van der Waals surface area contributed by atoms with Crippen molar-refractivity contribution in [1.82, 2.24) is 10.2 Å². The number of carboxylic acids is 1. The number of hydrogen-bond acceptors (Lipinski definition) is 2. The summed E-state index contributed by atoms with van der Waals surface area (Å²) in [7, 11) is 0. The fraction of sp³-hybridized carbons (Fsp3) is 0.800. The fourth-order valence-electron chi connectivity index (χ4n) is 1.42. The molecule has 1 saturated carbocycles. The zero-order valence-corrected chi connectivity index (χ0v) is 9.91. The van der Waals surface area contributed by atoms with Crippen LogP contribution in [0.5, 0.6) is 0 Å². The highest BCUT2D eigenvalue weighted by Crippen LogP contribution is 2.27. The van der Waals surface area contributed by atoms with Gasteiger partial charge in [-0.05, 0) is 12.8 Å². The van der Waals surface area contributed by atoms with E-state index in [1.165, 1.54) is 0 Å². The number of amides is 2. The third-order valence-corrected chi connectivity index (χ3v) is 2.61. The summed E-state index contributed by atoms with van der Waals surface area (Å²) < 4.78 is 49.0. The average molecular weight is 286 g/mol. The van der Waals surface area contributed by atoms with Gasteiger partial charge in [0.2, 0.25) is 0 Å². The van der Waals surface area contributed by atoms with E-state index < -0.39 is 30.9 Å². The number of carbonyl (C=O) groups excluding carboxylic acids is 1. The van der Waals surface area contributed by atoms with Crippen LogP contribution >= 0.6 is 0 Å². The lowest BCUT2D eigenvalue weighted by atomic mass is 10.3. The maximum absolute atomic E-state index is 12.6. The van der Waals surface area contributed by atoms with Crippen molar-refractivity contribution in [3.63, 3.8) is 0 Å². The highest BCUT2D eigenvalue weighted by molar-refractivity contribution is 5.76. The first-order valence-corrected chi connectivity index (χ1v) is 5.66. The van der Waals surface area contributed by atoms with E-state index in [4.69, 9.17) is 5.11 Å². The number of urea groups is 1. The minimum atomic E-state index is -4.29. The van der Waals surface area contributed by atoms with Crippen molar-refractivity contribution in [3.05, 3.63) is 0 Å². The number of aliphatic carboxylic acids is 1. The van der Waals surface area contributed by atoms with E-state index in [0.29, 0.717) is 12.8 Å². The molecular weight excluding hydrogens is 272 g/mol. The lowest BCUT2D eigenvalue weighted by Crippen LogP contribution is -2.48. The summed E-state index contributed by atoms with van der Waals surface area (Å²) in [6, 6.07) is -1.14. The highest BCUT2D eigenvalue weighted by Gasteiger charge is 2.42. The summed E-state index contributed by atoms with van der Waals surface area (Å²) in [5.41, 5.74) is 0. The Morgan fingerprint density at radius 1 is 1.37 bits per heavy atom. The molecule has 0 aromatic carbocycles. The molecule has 0 radical (unpaired) electrons. The van der Waals surface area contributed by atoms with Crippen LogP contribution in [0.2, 0.25) is 0 Å². The van der Waals surface area contributed by atoms with Crippen molar-refractivity contribution in [3.8, 4) is 0 Å². The van der Waals surface area contributed by atoms with Gasteiger partial charge in [-0.2, -0.15) is 8.78 Å². The summed E-state index contributed by atoms with van der Waals surface area (Å²) in [5, 5.41) is 10.2. The maximum atomic E-state index is 12.6. The van der Waals surface area contributed by atoms with E-state index >= 15 is 0 Å². The third-order valence-electron chi connectivity index (χ3n) is 2.61. The predicted molar refractivity (Wildman–Crippen MR) is 56.3 cm³/mol. The van der Waals surface area contributed by atoms with Crippen molar-refractivity contribution in [2.45, 2.75) is 37.7 Å². The van der Waals surface area contributed by atoms with Crippen LogP contribution in [0.25, 0.3) is 0 Å². The molecular formula is C10H14F4N2O3. The number of halogens is 4. The molecule has 0 heterocycles. The molecule has 2 amide bonds. The molecule has 1 rings (SSSR count). The molecule has 19 heavy (non-hydrogen) atoms. The zero-order chi connectivity index (χ0) is 14.6. The lowest BCUT2D eigenvalue weighted by molar-refractivity contribution is -0.137. The number of carboxylic acid groups (broad SMARTS) is 1. The Labute approximate surface area is 106 Å². The molecule has 0 aliphatic heterocycles. The first-order chi connectivity index (χ1) is 8.74. The predicted octanol–water partition coefficient (Wildman–Crippen LogP) is 1.54. The molecule has 1 fully saturated rings. The van der Waals surface area contributed by atoms with Crippen LogP contribution in [0.1, 0.15) is 19.3 Å². The Kier molecular flexibility index (Phi) is 4.96. The normalized spacial score (nSPS) is 15.4. The molecule has 0 bridgehead atoms. The van der Waals surface area contributed by atoms with Crippen LogP contribution < -0.4 is 5.32 Å². The highest BCUT2D eigenvalue weighted by atomic mass is 19.3. The van der Waals surface area contributed by atoms with Gasteiger partial charge in [0.1, 0.15) is 0 Å². The Morgan fingerprint density at radius 3 is 2.37 bits per heavy atom. The molecule has 110 valence electrons. The molecule has 9 heteroatoms.